The highest BCUT2D eigenvalue weighted by atomic mass is 32.1. The first-order valence-electron chi connectivity index (χ1n) is 26.0. The Balaban J connectivity index is 1.50. The van der Waals surface area contributed by atoms with Crippen LogP contribution in [-0.2, 0) is 14.4 Å². The maximum atomic E-state index is 13.2. The molecule has 0 spiro atoms. The van der Waals surface area contributed by atoms with Crippen molar-refractivity contribution < 1.29 is 19.5 Å². The van der Waals surface area contributed by atoms with Crippen molar-refractivity contribution >= 4 is 39.9 Å². The van der Waals surface area contributed by atoms with Crippen molar-refractivity contribution in [1.29, 1.82) is 0 Å². The SMILES string of the molecule is CCCCCCCCCCCCCC(=O)NC1=CC(=O)C=C/C1=C/C=C1C(=O)C(/C=C/c2ccc(N(CCCCCCCCCCCC)CCCCCCCCCCCC)s2)=C1O. The van der Waals surface area contributed by atoms with Gasteiger partial charge in [-0.25, -0.2) is 0 Å². The van der Waals surface area contributed by atoms with E-state index in [-0.39, 0.29) is 28.8 Å². The van der Waals surface area contributed by atoms with Crippen molar-refractivity contribution in [3.8, 4) is 0 Å². The maximum absolute atomic E-state index is 13.2. The molecule has 0 atom stereocenters. The fourth-order valence-electron chi connectivity index (χ4n) is 8.56. The van der Waals surface area contributed by atoms with Gasteiger partial charge in [0, 0.05) is 30.5 Å². The number of aliphatic hydroxyl groups excluding tert-OH is 1. The molecular formula is C56H88N2O4S. The number of ketones is 2. The predicted molar refractivity (Wildman–Crippen MR) is 272 cm³/mol. The van der Waals surface area contributed by atoms with Gasteiger partial charge in [0.15, 0.2) is 5.78 Å². The lowest BCUT2D eigenvalue weighted by Gasteiger charge is -2.23. The largest absolute Gasteiger partial charge is 0.506 e. The van der Waals surface area contributed by atoms with Crippen LogP contribution in [0.15, 0.2) is 76.8 Å². The van der Waals surface area contributed by atoms with Gasteiger partial charge < -0.3 is 15.3 Å². The molecule has 6 nitrogen and oxygen atoms in total. The van der Waals surface area contributed by atoms with Gasteiger partial charge in [-0.05, 0) is 67.3 Å². The van der Waals surface area contributed by atoms with Crippen molar-refractivity contribution in [2.24, 2.45) is 0 Å². The van der Waals surface area contributed by atoms with Crippen LogP contribution >= 0.6 is 11.3 Å². The van der Waals surface area contributed by atoms with Crippen molar-refractivity contribution in [3.05, 3.63) is 81.6 Å². The summed E-state index contributed by atoms with van der Waals surface area (Å²) in [6.07, 6.45) is 52.0. The number of nitrogens with zero attached hydrogens (tertiary/aromatic N) is 1. The average molecular weight is 885 g/mol. The molecule has 1 aromatic rings. The van der Waals surface area contributed by atoms with Crippen LogP contribution in [0, 0.1) is 0 Å². The van der Waals surface area contributed by atoms with Crippen LogP contribution in [-0.4, -0.2) is 35.7 Å². The third kappa shape index (κ3) is 23.3. The Labute approximate surface area is 388 Å². The van der Waals surface area contributed by atoms with E-state index in [4.69, 9.17) is 0 Å². The molecule has 0 fully saturated rings. The minimum absolute atomic E-state index is 0.0321. The molecule has 0 aromatic carbocycles. The molecule has 2 aliphatic rings. The molecule has 0 saturated carbocycles. The molecule has 0 unspecified atom stereocenters. The molecule has 1 aromatic heterocycles. The Morgan fingerprint density at radius 2 is 1.05 bits per heavy atom. The van der Waals surface area contributed by atoms with Gasteiger partial charge in [-0.1, -0.05) is 207 Å². The highest BCUT2D eigenvalue weighted by Gasteiger charge is 2.31. The lowest BCUT2D eigenvalue weighted by atomic mass is 9.87. The van der Waals surface area contributed by atoms with Gasteiger partial charge in [-0.2, -0.15) is 0 Å². The van der Waals surface area contributed by atoms with Crippen LogP contribution < -0.4 is 10.2 Å². The third-order valence-electron chi connectivity index (χ3n) is 12.6. The minimum atomic E-state index is -0.220. The van der Waals surface area contributed by atoms with Crippen molar-refractivity contribution in [2.75, 3.05) is 18.0 Å². The lowest BCUT2D eigenvalue weighted by Crippen LogP contribution is -2.25. The van der Waals surface area contributed by atoms with Crippen LogP contribution in [0.1, 0.15) is 231 Å². The lowest BCUT2D eigenvalue weighted by molar-refractivity contribution is -0.120. The van der Waals surface area contributed by atoms with E-state index in [1.54, 1.807) is 35.6 Å². The summed E-state index contributed by atoms with van der Waals surface area (Å²) in [7, 11) is 0. The molecule has 2 aliphatic carbocycles. The zero-order valence-electron chi connectivity index (χ0n) is 40.3. The number of amides is 1. The standard InChI is InChI=1S/C56H88N2O4S/c1-4-7-10-13-16-19-22-23-26-29-32-35-53(60)57-52-46-48(59)38-36-47(52)37-41-50-55(61)51(56(50)62)42-39-49-40-43-54(63-49)58(44-33-30-27-24-20-17-14-11-8-5-2)45-34-31-28-25-21-18-15-12-9-6-3/h36-43,46,61H,4-35,44-45H2,1-3H3,(H,57,60)/b42-39+,47-37-,50-41?. The summed E-state index contributed by atoms with van der Waals surface area (Å²) < 4.78 is 0. The number of Topliss-reactive ketones (excluding diaryl/α,β-unsaturated/α-hetero) is 1. The van der Waals surface area contributed by atoms with E-state index in [1.165, 1.54) is 197 Å². The fraction of sp³-hybridized carbons (Fsp3) is 0.661. The van der Waals surface area contributed by atoms with E-state index in [2.05, 4.69) is 43.1 Å². The Kier molecular flexibility index (Phi) is 29.8. The normalized spacial score (nSPS) is 15.3. The molecule has 1 amide bonds. The van der Waals surface area contributed by atoms with Crippen LogP contribution in [0.4, 0.5) is 5.00 Å². The molecule has 0 radical (unpaired) electrons. The number of carbonyl (C=O) groups is 3. The molecule has 0 saturated heterocycles. The van der Waals surface area contributed by atoms with E-state index >= 15 is 0 Å². The number of aliphatic hydroxyl groups is 1. The minimum Gasteiger partial charge on any atom is -0.506 e. The summed E-state index contributed by atoms with van der Waals surface area (Å²) in [4.78, 5) is 41.9. The average Bonchev–Trinajstić information content (AvgIpc) is 3.75. The topological polar surface area (TPSA) is 86.7 Å². The number of carbonyl (C=O) groups excluding carboxylic acids is 3. The smallest absolute Gasteiger partial charge is 0.224 e. The van der Waals surface area contributed by atoms with E-state index in [0.29, 0.717) is 23.3 Å². The highest BCUT2D eigenvalue weighted by Crippen LogP contribution is 2.33. The first-order chi connectivity index (χ1) is 30.9. The van der Waals surface area contributed by atoms with Crippen molar-refractivity contribution in [2.45, 2.75) is 226 Å². The zero-order valence-corrected chi connectivity index (χ0v) is 41.1. The van der Waals surface area contributed by atoms with Gasteiger partial charge >= 0.3 is 0 Å². The summed E-state index contributed by atoms with van der Waals surface area (Å²) in [5.41, 5.74) is 1.56. The summed E-state index contributed by atoms with van der Waals surface area (Å²) in [5.74, 6) is -0.568. The summed E-state index contributed by atoms with van der Waals surface area (Å²) in [6, 6.07) is 4.34. The van der Waals surface area contributed by atoms with Crippen molar-refractivity contribution in [3.63, 3.8) is 0 Å². The summed E-state index contributed by atoms with van der Waals surface area (Å²) in [5, 5.41) is 15.1. The number of rotatable bonds is 39. The highest BCUT2D eigenvalue weighted by molar-refractivity contribution is 7.16. The van der Waals surface area contributed by atoms with Gasteiger partial charge in [0.1, 0.15) is 5.76 Å². The molecule has 2 N–H and O–H groups in total. The molecule has 1 heterocycles. The summed E-state index contributed by atoms with van der Waals surface area (Å²) in [6.45, 7) is 8.96. The van der Waals surface area contributed by atoms with Crippen molar-refractivity contribution in [1.82, 2.24) is 5.32 Å². The number of anilines is 1. The maximum Gasteiger partial charge on any atom is 0.224 e. The number of allylic oxidation sites excluding steroid dienone is 8. The second-order valence-electron chi connectivity index (χ2n) is 18.3. The number of thiophene rings is 1. The van der Waals surface area contributed by atoms with E-state index in [0.717, 1.165) is 37.2 Å². The molecular weight excluding hydrogens is 797 g/mol. The zero-order chi connectivity index (χ0) is 45.2. The number of unbranched alkanes of at least 4 members (excludes halogenated alkanes) is 28. The van der Waals surface area contributed by atoms with E-state index in [1.807, 2.05) is 6.08 Å². The van der Waals surface area contributed by atoms with Gasteiger partial charge in [0.05, 0.1) is 21.8 Å². The Morgan fingerprint density at radius 3 is 1.52 bits per heavy atom. The second-order valence-corrected chi connectivity index (χ2v) is 19.4. The Bertz CT molecular complexity index is 1620. The predicted octanol–water partition coefficient (Wildman–Crippen LogP) is 16.5. The van der Waals surface area contributed by atoms with E-state index in [9.17, 15) is 19.5 Å². The number of hydrogen-bond acceptors (Lipinski definition) is 6. The molecule has 7 heteroatoms. The van der Waals surface area contributed by atoms with Gasteiger partial charge in [-0.15, -0.1) is 11.3 Å². The van der Waals surface area contributed by atoms with E-state index < -0.39 is 0 Å². The van der Waals surface area contributed by atoms with Gasteiger partial charge in [0.2, 0.25) is 11.7 Å². The van der Waals surface area contributed by atoms with Gasteiger partial charge in [0.25, 0.3) is 0 Å². The van der Waals surface area contributed by atoms with Crippen LogP contribution in [0.3, 0.4) is 0 Å². The molecule has 63 heavy (non-hydrogen) atoms. The molecule has 352 valence electrons. The first-order valence-corrected chi connectivity index (χ1v) is 26.9. The first kappa shape index (κ1) is 53.9. The third-order valence-corrected chi connectivity index (χ3v) is 13.7. The molecule has 3 rings (SSSR count). The second kappa shape index (κ2) is 34.9. The van der Waals surface area contributed by atoms with Crippen LogP contribution in [0.25, 0.3) is 6.08 Å². The number of hydrogen-bond donors (Lipinski definition) is 2. The fourth-order valence-corrected chi connectivity index (χ4v) is 9.52. The molecule has 0 aliphatic heterocycles. The quantitative estimate of drug-likeness (QED) is 0.0508. The van der Waals surface area contributed by atoms with Crippen LogP contribution in [0.2, 0.25) is 0 Å². The van der Waals surface area contributed by atoms with Gasteiger partial charge in [-0.3, -0.25) is 14.4 Å². The summed E-state index contributed by atoms with van der Waals surface area (Å²) >= 11 is 1.75. The van der Waals surface area contributed by atoms with Crippen LogP contribution in [0.5, 0.6) is 0 Å². The Hall–Kier alpha value is -3.45. The molecule has 0 bridgehead atoms. The Morgan fingerprint density at radius 1 is 0.587 bits per heavy atom. The number of nitrogens with one attached hydrogen (secondary N) is 1. The monoisotopic (exact) mass is 885 g/mol.